The fourth-order valence-corrected chi connectivity index (χ4v) is 2.03. The SMILES string of the molecule is CC(C)c1cc2c(nn1)=CC1CC1C=2. The van der Waals surface area contributed by atoms with E-state index in [1.54, 1.807) is 0 Å². The normalized spacial score (nSPS) is 27.4. The summed E-state index contributed by atoms with van der Waals surface area (Å²) in [4.78, 5) is 0. The van der Waals surface area contributed by atoms with Crippen LogP contribution in [0.25, 0.3) is 12.2 Å². The first-order valence-electron chi connectivity index (χ1n) is 5.31. The Morgan fingerprint density at radius 3 is 2.79 bits per heavy atom. The Labute approximate surface area is 83.4 Å². The number of hydrogen-bond donors (Lipinski definition) is 0. The van der Waals surface area contributed by atoms with Gasteiger partial charge in [0.25, 0.3) is 0 Å². The highest BCUT2D eigenvalue weighted by molar-refractivity contribution is 5.47. The maximum atomic E-state index is 4.28. The molecule has 2 aliphatic rings. The summed E-state index contributed by atoms with van der Waals surface area (Å²) in [5, 5.41) is 10.9. The maximum Gasteiger partial charge on any atom is 0.0890 e. The monoisotopic (exact) mass is 186 g/mol. The van der Waals surface area contributed by atoms with Crippen molar-refractivity contribution in [1.82, 2.24) is 10.2 Å². The fraction of sp³-hybridized carbons (Fsp3) is 0.500. The Hall–Kier alpha value is -1.18. The molecule has 0 aromatic carbocycles. The van der Waals surface area contributed by atoms with Crippen LogP contribution in [0.4, 0.5) is 0 Å². The molecule has 3 rings (SSSR count). The third-order valence-electron chi connectivity index (χ3n) is 3.12. The molecule has 1 saturated carbocycles. The van der Waals surface area contributed by atoms with Gasteiger partial charge in [-0.3, -0.25) is 0 Å². The average Bonchev–Trinajstić information content (AvgIpc) is 2.90. The molecular formula is C12H14N2. The van der Waals surface area contributed by atoms with E-state index in [2.05, 4.69) is 42.3 Å². The molecule has 0 saturated heterocycles. The average molecular weight is 186 g/mol. The highest BCUT2D eigenvalue weighted by atomic mass is 15.1. The summed E-state index contributed by atoms with van der Waals surface area (Å²) >= 11 is 0. The molecule has 2 aliphatic carbocycles. The molecule has 72 valence electrons. The Balaban J connectivity index is 2.20. The number of fused-ring (bicyclic) bond motifs is 2. The van der Waals surface area contributed by atoms with Crippen molar-refractivity contribution in [2.24, 2.45) is 11.8 Å². The quantitative estimate of drug-likeness (QED) is 0.648. The third-order valence-corrected chi connectivity index (χ3v) is 3.12. The minimum Gasteiger partial charge on any atom is -0.155 e. The molecule has 14 heavy (non-hydrogen) atoms. The van der Waals surface area contributed by atoms with E-state index in [9.17, 15) is 0 Å². The highest BCUT2D eigenvalue weighted by Gasteiger charge is 2.34. The lowest BCUT2D eigenvalue weighted by molar-refractivity contribution is 0.770. The van der Waals surface area contributed by atoms with Gasteiger partial charge in [0.1, 0.15) is 0 Å². The Morgan fingerprint density at radius 1 is 1.21 bits per heavy atom. The molecule has 1 fully saturated rings. The predicted molar refractivity (Wildman–Crippen MR) is 55.9 cm³/mol. The molecule has 0 spiro atoms. The zero-order chi connectivity index (χ0) is 9.71. The van der Waals surface area contributed by atoms with Crippen LogP contribution in [-0.2, 0) is 0 Å². The first-order chi connectivity index (χ1) is 6.74. The standard InChI is InChI=1S/C12H14N2/c1-7(2)11-6-10-4-8-3-9(8)5-12(10)14-13-11/h4-9H,3H2,1-2H3. The minimum atomic E-state index is 0.470. The van der Waals surface area contributed by atoms with Gasteiger partial charge in [-0.05, 0) is 35.5 Å². The summed E-state index contributed by atoms with van der Waals surface area (Å²) < 4.78 is 0. The molecule has 1 aromatic heterocycles. The number of hydrogen-bond acceptors (Lipinski definition) is 2. The summed E-state index contributed by atoms with van der Waals surface area (Å²) in [5.74, 6) is 2.03. The van der Waals surface area contributed by atoms with Gasteiger partial charge in [0.05, 0.1) is 11.0 Å². The van der Waals surface area contributed by atoms with Crippen LogP contribution in [0.5, 0.6) is 0 Å². The fourth-order valence-electron chi connectivity index (χ4n) is 2.03. The summed E-state index contributed by atoms with van der Waals surface area (Å²) in [5.41, 5.74) is 1.10. The lowest BCUT2D eigenvalue weighted by Gasteiger charge is -2.04. The lowest BCUT2D eigenvalue weighted by Crippen LogP contribution is -2.32. The molecule has 1 heterocycles. The van der Waals surface area contributed by atoms with Crippen molar-refractivity contribution in [3.63, 3.8) is 0 Å². The number of aromatic nitrogens is 2. The second-order valence-electron chi connectivity index (χ2n) is 4.66. The molecule has 0 N–H and O–H groups in total. The van der Waals surface area contributed by atoms with Crippen LogP contribution in [-0.4, -0.2) is 10.2 Å². The van der Waals surface area contributed by atoms with Crippen LogP contribution in [0.15, 0.2) is 6.07 Å². The summed E-state index contributed by atoms with van der Waals surface area (Å²) in [6.45, 7) is 4.31. The number of rotatable bonds is 1. The van der Waals surface area contributed by atoms with Crippen molar-refractivity contribution in [1.29, 1.82) is 0 Å². The second-order valence-corrected chi connectivity index (χ2v) is 4.66. The van der Waals surface area contributed by atoms with E-state index in [0.29, 0.717) is 5.92 Å². The predicted octanol–water partition coefficient (Wildman–Crippen LogP) is 0.811. The zero-order valence-corrected chi connectivity index (χ0v) is 8.57. The second kappa shape index (κ2) is 2.66. The molecule has 0 amide bonds. The van der Waals surface area contributed by atoms with Gasteiger partial charge in [0, 0.05) is 0 Å². The molecule has 2 unspecified atom stereocenters. The van der Waals surface area contributed by atoms with Gasteiger partial charge in [-0.15, -0.1) is 0 Å². The minimum absolute atomic E-state index is 0.470. The van der Waals surface area contributed by atoms with Crippen molar-refractivity contribution < 1.29 is 0 Å². The third kappa shape index (κ3) is 1.17. The Morgan fingerprint density at radius 2 is 2.00 bits per heavy atom. The van der Waals surface area contributed by atoms with Crippen LogP contribution < -0.4 is 10.6 Å². The lowest BCUT2D eigenvalue weighted by atomic mass is 10.1. The van der Waals surface area contributed by atoms with Gasteiger partial charge in [-0.1, -0.05) is 26.0 Å². The summed E-state index contributed by atoms with van der Waals surface area (Å²) in [6, 6.07) is 2.19. The largest absolute Gasteiger partial charge is 0.155 e. The molecule has 0 aliphatic heterocycles. The van der Waals surface area contributed by atoms with Crippen molar-refractivity contribution in [3.05, 3.63) is 22.3 Å². The van der Waals surface area contributed by atoms with Gasteiger partial charge < -0.3 is 0 Å². The van der Waals surface area contributed by atoms with Crippen molar-refractivity contribution in [2.75, 3.05) is 0 Å². The van der Waals surface area contributed by atoms with E-state index in [1.807, 2.05) is 0 Å². The first kappa shape index (κ1) is 8.16. The zero-order valence-electron chi connectivity index (χ0n) is 8.57. The van der Waals surface area contributed by atoms with Gasteiger partial charge in [0.2, 0.25) is 0 Å². The van der Waals surface area contributed by atoms with E-state index in [0.717, 1.165) is 22.9 Å². The van der Waals surface area contributed by atoms with Crippen LogP contribution in [0.2, 0.25) is 0 Å². The molecule has 0 bridgehead atoms. The van der Waals surface area contributed by atoms with Crippen molar-refractivity contribution in [2.45, 2.75) is 26.2 Å². The molecule has 0 radical (unpaired) electrons. The van der Waals surface area contributed by atoms with E-state index < -0.39 is 0 Å². The summed E-state index contributed by atoms with van der Waals surface area (Å²) in [6.07, 6.45) is 5.95. The van der Waals surface area contributed by atoms with E-state index in [1.165, 1.54) is 11.6 Å². The van der Waals surface area contributed by atoms with Crippen LogP contribution in [0.1, 0.15) is 31.9 Å². The maximum absolute atomic E-state index is 4.28. The number of nitrogens with zero attached hydrogens (tertiary/aromatic N) is 2. The molecule has 1 aromatic rings. The smallest absolute Gasteiger partial charge is 0.0890 e. The molecular weight excluding hydrogens is 172 g/mol. The van der Waals surface area contributed by atoms with E-state index >= 15 is 0 Å². The molecule has 2 atom stereocenters. The van der Waals surface area contributed by atoms with Gasteiger partial charge in [-0.25, -0.2) is 0 Å². The molecule has 2 heteroatoms. The van der Waals surface area contributed by atoms with Crippen LogP contribution in [0, 0.1) is 11.8 Å². The topological polar surface area (TPSA) is 25.8 Å². The van der Waals surface area contributed by atoms with E-state index in [-0.39, 0.29) is 0 Å². The summed E-state index contributed by atoms with van der Waals surface area (Å²) in [7, 11) is 0. The Bertz CT molecular complexity index is 488. The first-order valence-corrected chi connectivity index (χ1v) is 5.31. The van der Waals surface area contributed by atoms with Gasteiger partial charge >= 0.3 is 0 Å². The van der Waals surface area contributed by atoms with Crippen molar-refractivity contribution >= 4 is 12.2 Å². The van der Waals surface area contributed by atoms with Crippen molar-refractivity contribution in [3.8, 4) is 0 Å². The van der Waals surface area contributed by atoms with Gasteiger partial charge in [-0.2, -0.15) is 10.2 Å². The van der Waals surface area contributed by atoms with Crippen LogP contribution in [0.3, 0.4) is 0 Å². The van der Waals surface area contributed by atoms with E-state index in [4.69, 9.17) is 0 Å². The molecule has 2 nitrogen and oxygen atoms in total. The van der Waals surface area contributed by atoms with Gasteiger partial charge in [0.15, 0.2) is 0 Å². The highest BCUT2D eigenvalue weighted by Crippen LogP contribution is 2.41. The Kier molecular flexibility index (Phi) is 1.55. The van der Waals surface area contributed by atoms with Crippen LogP contribution >= 0.6 is 0 Å².